The Morgan fingerprint density at radius 3 is 2.77 bits per heavy atom. The highest BCUT2D eigenvalue weighted by Gasteiger charge is 2.27. The fraction of sp³-hybridized carbons (Fsp3) is 0.409. The second kappa shape index (κ2) is 8.58. The summed E-state index contributed by atoms with van der Waals surface area (Å²) < 4.78 is 31.5. The first kappa shape index (κ1) is 21.2. The smallest absolute Gasteiger partial charge is 0.387 e. The van der Waals surface area contributed by atoms with Crippen LogP contribution in [0.1, 0.15) is 49.5 Å². The van der Waals surface area contributed by atoms with Crippen LogP contribution in [-0.4, -0.2) is 44.5 Å². The molecule has 2 atom stereocenters. The Bertz CT molecular complexity index is 1100. The van der Waals surface area contributed by atoms with E-state index in [0.29, 0.717) is 34.3 Å². The van der Waals surface area contributed by atoms with Crippen molar-refractivity contribution in [2.45, 2.75) is 57.9 Å². The maximum Gasteiger partial charge on any atom is 0.387 e. The average Bonchev–Trinajstić information content (AvgIpc) is 3.30. The Labute approximate surface area is 178 Å². The largest absolute Gasteiger partial charge is 0.435 e. The number of carbonyl (C=O) groups is 1. The lowest BCUT2D eigenvalue weighted by Crippen LogP contribution is -2.39. The van der Waals surface area contributed by atoms with E-state index in [1.165, 1.54) is 18.3 Å². The van der Waals surface area contributed by atoms with Crippen LogP contribution in [-0.2, 0) is 0 Å². The summed E-state index contributed by atoms with van der Waals surface area (Å²) in [5.74, 6) is -0.267. The van der Waals surface area contributed by atoms with E-state index in [4.69, 9.17) is 0 Å². The number of pyridine rings is 1. The molecule has 9 heteroatoms. The number of rotatable bonds is 6. The number of alkyl halides is 2. The van der Waals surface area contributed by atoms with Gasteiger partial charge in [0.1, 0.15) is 17.0 Å². The van der Waals surface area contributed by atoms with Gasteiger partial charge < -0.3 is 15.2 Å². The molecule has 4 rings (SSSR count). The SMILES string of the molecule is CC(C)n1nc(-c2cccc(OC(F)F)c2)c2ncc(C(=O)N[C@H]3CCC[C@H]3O)cc21. The lowest BCUT2D eigenvalue weighted by atomic mass is 10.1. The molecule has 2 heterocycles. The number of hydrogen-bond acceptors (Lipinski definition) is 5. The molecule has 2 N–H and O–H groups in total. The van der Waals surface area contributed by atoms with Crippen molar-refractivity contribution in [2.75, 3.05) is 0 Å². The molecule has 2 aromatic heterocycles. The van der Waals surface area contributed by atoms with E-state index in [1.54, 1.807) is 22.9 Å². The number of nitrogens with one attached hydrogen (secondary N) is 1. The zero-order valence-corrected chi connectivity index (χ0v) is 17.3. The number of aromatic nitrogens is 3. The molecule has 164 valence electrons. The van der Waals surface area contributed by atoms with Crippen molar-refractivity contribution in [1.29, 1.82) is 0 Å². The van der Waals surface area contributed by atoms with Crippen LogP contribution in [0.5, 0.6) is 5.75 Å². The molecular formula is C22H24F2N4O3. The molecule has 1 saturated carbocycles. The summed E-state index contributed by atoms with van der Waals surface area (Å²) in [6.07, 6.45) is 3.24. The van der Waals surface area contributed by atoms with Crippen LogP contribution >= 0.6 is 0 Å². The molecular weight excluding hydrogens is 406 g/mol. The van der Waals surface area contributed by atoms with E-state index in [1.807, 2.05) is 13.8 Å². The fourth-order valence-corrected chi connectivity index (χ4v) is 3.91. The van der Waals surface area contributed by atoms with Gasteiger partial charge in [-0.2, -0.15) is 13.9 Å². The highest BCUT2D eigenvalue weighted by molar-refractivity contribution is 5.99. The molecule has 0 radical (unpaired) electrons. The first-order valence-corrected chi connectivity index (χ1v) is 10.3. The van der Waals surface area contributed by atoms with E-state index >= 15 is 0 Å². The van der Waals surface area contributed by atoms with Gasteiger partial charge in [-0.25, -0.2) is 0 Å². The molecule has 1 fully saturated rings. The Kier molecular flexibility index (Phi) is 5.86. The molecule has 7 nitrogen and oxygen atoms in total. The van der Waals surface area contributed by atoms with Crippen LogP contribution in [0.2, 0.25) is 0 Å². The number of aliphatic hydroxyl groups is 1. The maximum atomic E-state index is 12.7. The van der Waals surface area contributed by atoms with Crippen molar-refractivity contribution in [1.82, 2.24) is 20.1 Å². The summed E-state index contributed by atoms with van der Waals surface area (Å²) in [6, 6.07) is 7.73. The highest BCUT2D eigenvalue weighted by Crippen LogP contribution is 2.31. The Morgan fingerprint density at radius 2 is 2.10 bits per heavy atom. The van der Waals surface area contributed by atoms with Gasteiger partial charge in [-0.1, -0.05) is 12.1 Å². The zero-order valence-electron chi connectivity index (χ0n) is 17.3. The summed E-state index contributed by atoms with van der Waals surface area (Å²) in [6.45, 7) is 0.986. The second-order valence-electron chi connectivity index (χ2n) is 7.96. The standard InChI is InChI=1S/C22H24F2N4O3/c1-12(2)28-17-10-14(21(30)26-16-7-4-8-18(16)29)11-25-20(17)19(27-28)13-5-3-6-15(9-13)31-22(23)24/h3,5-6,9-12,16,18,22,29H,4,7-8H2,1-2H3,(H,26,30)/t16-,18+/m0/s1. The van der Waals surface area contributed by atoms with Gasteiger partial charge in [0.2, 0.25) is 0 Å². The minimum Gasteiger partial charge on any atom is -0.435 e. The van der Waals surface area contributed by atoms with Crippen molar-refractivity contribution in [3.63, 3.8) is 0 Å². The summed E-state index contributed by atoms with van der Waals surface area (Å²) >= 11 is 0. The quantitative estimate of drug-likeness (QED) is 0.619. The van der Waals surface area contributed by atoms with Crippen LogP contribution in [0.25, 0.3) is 22.3 Å². The van der Waals surface area contributed by atoms with Gasteiger partial charge in [0.05, 0.1) is 23.2 Å². The first-order chi connectivity index (χ1) is 14.8. The number of fused-ring (bicyclic) bond motifs is 1. The lowest BCUT2D eigenvalue weighted by molar-refractivity contribution is -0.0498. The van der Waals surface area contributed by atoms with Crippen molar-refractivity contribution < 1.29 is 23.4 Å². The first-order valence-electron chi connectivity index (χ1n) is 10.3. The van der Waals surface area contributed by atoms with E-state index < -0.39 is 12.7 Å². The Balaban J connectivity index is 1.71. The topological polar surface area (TPSA) is 89.3 Å². The number of hydrogen-bond donors (Lipinski definition) is 2. The summed E-state index contributed by atoms with van der Waals surface area (Å²) in [7, 11) is 0. The molecule has 0 bridgehead atoms. The minimum absolute atomic E-state index is 0.0199. The third kappa shape index (κ3) is 4.36. The molecule has 0 spiro atoms. The van der Waals surface area contributed by atoms with E-state index in [-0.39, 0.29) is 23.7 Å². The Morgan fingerprint density at radius 1 is 1.29 bits per heavy atom. The summed E-state index contributed by atoms with van der Waals surface area (Å²) in [4.78, 5) is 17.2. The normalized spacial score (nSPS) is 18.8. The van der Waals surface area contributed by atoms with Crippen LogP contribution in [0, 0.1) is 0 Å². The summed E-state index contributed by atoms with van der Waals surface area (Å²) in [5.41, 5.74) is 2.68. The maximum absolute atomic E-state index is 12.7. The highest BCUT2D eigenvalue weighted by atomic mass is 19.3. The van der Waals surface area contributed by atoms with Crippen molar-refractivity contribution in [3.05, 3.63) is 42.1 Å². The van der Waals surface area contributed by atoms with Gasteiger partial charge in [0.15, 0.2) is 0 Å². The van der Waals surface area contributed by atoms with Crippen LogP contribution in [0.15, 0.2) is 36.5 Å². The zero-order chi connectivity index (χ0) is 22.1. The number of carbonyl (C=O) groups excluding carboxylic acids is 1. The van der Waals surface area contributed by atoms with E-state index in [9.17, 15) is 18.7 Å². The molecule has 0 aliphatic heterocycles. The predicted molar refractivity (Wildman–Crippen MR) is 111 cm³/mol. The molecule has 3 aromatic rings. The van der Waals surface area contributed by atoms with E-state index in [2.05, 4.69) is 20.1 Å². The Hall–Kier alpha value is -3.07. The molecule has 31 heavy (non-hydrogen) atoms. The number of ether oxygens (including phenoxy) is 1. The average molecular weight is 430 g/mol. The minimum atomic E-state index is -2.92. The fourth-order valence-electron chi connectivity index (χ4n) is 3.91. The summed E-state index contributed by atoms with van der Waals surface area (Å²) in [5, 5.41) is 17.5. The second-order valence-corrected chi connectivity index (χ2v) is 7.96. The molecule has 1 amide bonds. The third-order valence-electron chi connectivity index (χ3n) is 5.43. The molecule has 1 aliphatic rings. The van der Waals surface area contributed by atoms with Crippen molar-refractivity contribution in [2.24, 2.45) is 0 Å². The molecule has 0 saturated heterocycles. The van der Waals surface area contributed by atoms with E-state index in [0.717, 1.165) is 12.8 Å². The number of nitrogens with zero attached hydrogens (tertiary/aromatic N) is 3. The van der Waals surface area contributed by atoms with Crippen molar-refractivity contribution >= 4 is 16.9 Å². The van der Waals surface area contributed by atoms with Crippen LogP contribution < -0.4 is 10.1 Å². The number of halogens is 2. The van der Waals surface area contributed by atoms with Gasteiger partial charge in [0.25, 0.3) is 5.91 Å². The monoisotopic (exact) mass is 430 g/mol. The van der Waals surface area contributed by atoms with Crippen LogP contribution in [0.3, 0.4) is 0 Å². The molecule has 1 aromatic carbocycles. The van der Waals surface area contributed by atoms with Gasteiger partial charge >= 0.3 is 6.61 Å². The van der Waals surface area contributed by atoms with Gasteiger partial charge in [-0.3, -0.25) is 14.5 Å². The van der Waals surface area contributed by atoms with Gasteiger partial charge in [-0.15, -0.1) is 0 Å². The van der Waals surface area contributed by atoms with Crippen molar-refractivity contribution in [3.8, 4) is 17.0 Å². The van der Waals surface area contributed by atoms with Crippen LogP contribution in [0.4, 0.5) is 8.78 Å². The third-order valence-corrected chi connectivity index (χ3v) is 5.43. The predicted octanol–water partition coefficient (Wildman–Crippen LogP) is 3.92. The lowest BCUT2D eigenvalue weighted by Gasteiger charge is -2.16. The number of benzene rings is 1. The number of amides is 1. The molecule has 1 aliphatic carbocycles. The molecule has 0 unspecified atom stereocenters. The van der Waals surface area contributed by atoms with Gasteiger partial charge in [-0.05, 0) is 51.3 Å². The van der Waals surface area contributed by atoms with Gasteiger partial charge in [0, 0.05) is 17.8 Å². The number of aliphatic hydroxyl groups excluding tert-OH is 1.